The van der Waals surface area contributed by atoms with Crippen LogP contribution in [0.4, 0.5) is 9.59 Å². The Morgan fingerprint density at radius 3 is 1.82 bits per heavy atom. The number of rotatable bonds is 10. The van der Waals surface area contributed by atoms with Gasteiger partial charge >= 0.3 is 18.2 Å². The summed E-state index contributed by atoms with van der Waals surface area (Å²) in [5, 5.41) is 11.2. The summed E-state index contributed by atoms with van der Waals surface area (Å²) in [5.74, 6) is -1.06. The van der Waals surface area contributed by atoms with Gasteiger partial charge < -0.3 is 28.8 Å². The molecule has 34 heavy (non-hydrogen) atoms. The zero-order valence-electron chi connectivity index (χ0n) is 19.1. The number of methoxy groups -OCH3 is 3. The van der Waals surface area contributed by atoms with Crippen molar-refractivity contribution in [2.24, 2.45) is 0 Å². The van der Waals surface area contributed by atoms with Crippen molar-refractivity contribution in [3.8, 4) is 0 Å². The molecule has 11 heteroatoms. The second-order valence-electron chi connectivity index (χ2n) is 6.88. The molecule has 0 aromatic heterocycles. The average molecular weight is 476 g/mol. The van der Waals surface area contributed by atoms with E-state index in [1.807, 2.05) is 0 Å². The van der Waals surface area contributed by atoms with E-state index in [1.54, 1.807) is 60.7 Å². The second kappa shape index (κ2) is 13.8. The Morgan fingerprint density at radius 1 is 0.853 bits per heavy atom. The number of aliphatic hydroxyl groups is 1. The molecule has 2 aromatic carbocycles. The number of ether oxygens (including phenoxy) is 5. The topological polar surface area (TPSA) is 133 Å². The lowest BCUT2D eigenvalue weighted by atomic mass is 10.1. The van der Waals surface area contributed by atoms with Gasteiger partial charge in [0.05, 0.1) is 7.11 Å². The molecule has 2 N–H and O–H groups in total. The molecule has 11 nitrogen and oxygen atoms in total. The first kappa shape index (κ1) is 26.6. The Balaban J connectivity index is 2.24. The summed E-state index contributed by atoms with van der Waals surface area (Å²) in [6.07, 6.45) is -5.33. The molecule has 2 atom stereocenters. The van der Waals surface area contributed by atoms with Crippen molar-refractivity contribution in [1.29, 1.82) is 0 Å². The molecule has 0 saturated carbocycles. The summed E-state index contributed by atoms with van der Waals surface area (Å²) in [6.45, 7) is -0.275. The smallest absolute Gasteiger partial charge is 0.430 e. The molecule has 0 heterocycles. The molecule has 2 rings (SSSR count). The van der Waals surface area contributed by atoms with Gasteiger partial charge in [0, 0.05) is 14.2 Å². The van der Waals surface area contributed by atoms with Crippen LogP contribution in [0.25, 0.3) is 0 Å². The van der Waals surface area contributed by atoms with E-state index in [0.717, 1.165) is 7.11 Å². The lowest BCUT2D eigenvalue weighted by molar-refractivity contribution is -0.193. The van der Waals surface area contributed by atoms with E-state index in [0.29, 0.717) is 16.1 Å². The quantitative estimate of drug-likeness (QED) is 0.229. The van der Waals surface area contributed by atoms with Crippen molar-refractivity contribution in [3.63, 3.8) is 0 Å². The number of hydrogen-bond acceptors (Lipinski definition) is 9. The highest BCUT2D eigenvalue weighted by molar-refractivity contribution is 5.83. The molecule has 0 aliphatic rings. The van der Waals surface area contributed by atoms with Crippen molar-refractivity contribution < 1.29 is 43.2 Å². The number of hydrazine groups is 1. The SMILES string of the molecule is COC(=O)[C@H]([C@@H](O)C(OC)OC)N(NC(=O)OCc1ccccc1)C(=O)OCc1ccccc1. The van der Waals surface area contributed by atoms with Crippen LogP contribution in [0.5, 0.6) is 0 Å². The first-order valence-electron chi connectivity index (χ1n) is 10.2. The van der Waals surface area contributed by atoms with Crippen molar-refractivity contribution in [2.75, 3.05) is 21.3 Å². The van der Waals surface area contributed by atoms with Crippen LogP contribution >= 0.6 is 0 Å². The molecule has 2 amide bonds. The monoisotopic (exact) mass is 476 g/mol. The van der Waals surface area contributed by atoms with E-state index in [9.17, 15) is 19.5 Å². The molecule has 0 aliphatic heterocycles. The fraction of sp³-hybridized carbons (Fsp3) is 0.348. The molecule has 0 bridgehead atoms. The third kappa shape index (κ3) is 7.73. The Labute approximate surface area is 197 Å². The van der Waals surface area contributed by atoms with Gasteiger partial charge in [0.25, 0.3) is 0 Å². The predicted molar refractivity (Wildman–Crippen MR) is 118 cm³/mol. The van der Waals surface area contributed by atoms with E-state index in [1.165, 1.54) is 14.2 Å². The van der Waals surface area contributed by atoms with Gasteiger partial charge in [0.15, 0.2) is 12.3 Å². The van der Waals surface area contributed by atoms with Crippen molar-refractivity contribution in [1.82, 2.24) is 10.4 Å². The van der Waals surface area contributed by atoms with Gasteiger partial charge in [-0.05, 0) is 11.1 Å². The molecule has 0 unspecified atom stereocenters. The lowest BCUT2D eigenvalue weighted by Crippen LogP contribution is -2.62. The van der Waals surface area contributed by atoms with E-state index in [2.05, 4.69) is 5.43 Å². The number of aliphatic hydroxyl groups excluding tert-OH is 1. The number of benzene rings is 2. The normalized spacial score (nSPS) is 12.4. The van der Waals surface area contributed by atoms with Gasteiger partial charge in [-0.25, -0.2) is 19.8 Å². The standard InChI is InChI=1S/C23H28N2O9/c1-30-20(27)18(19(26)21(31-2)32-3)25(23(29)34-15-17-12-8-5-9-13-17)24-22(28)33-14-16-10-6-4-7-11-16/h4-13,18-19,21,26H,14-15H2,1-3H3,(H,24,28)/t18-,19+/m0/s1. The third-order valence-electron chi connectivity index (χ3n) is 4.61. The molecule has 0 spiro atoms. The van der Waals surface area contributed by atoms with Gasteiger partial charge in [-0.2, -0.15) is 5.01 Å². The fourth-order valence-corrected chi connectivity index (χ4v) is 2.91. The summed E-state index contributed by atoms with van der Waals surface area (Å²) in [5.41, 5.74) is 3.50. The second-order valence-corrected chi connectivity index (χ2v) is 6.88. The van der Waals surface area contributed by atoms with Gasteiger partial charge in [-0.3, -0.25) is 0 Å². The highest BCUT2D eigenvalue weighted by atomic mass is 16.7. The van der Waals surface area contributed by atoms with Crippen molar-refractivity contribution in [3.05, 3.63) is 71.8 Å². The molecular weight excluding hydrogens is 448 g/mol. The first-order chi connectivity index (χ1) is 16.4. The maximum absolute atomic E-state index is 12.9. The molecule has 0 fully saturated rings. The minimum absolute atomic E-state index is 0.107. The summed E-state index contributed by atoms with van der Waals surface area (Å²) < 4.78 is 25.1. The summed E-state index contributed by atoms with van der Waals surface area (Å²) in [4.78, 5) is 37.9. The van der Waals surface area contributed by atoms with Crippen LogP contribution in [0.15, 0.2) is 60.7 Å². The Kier molecular flexibility index (Phi) is 10.8. The Hall–Kier alpha value is -3.67. The van der Waals surface area contributed by atoms with Gasteiger partial charge in [-0.15, -0.1) is 0 Å². The van der Waals surface area contributed by atoms with E-state index in [-0.39, 0.29) is 13.2 Å². The zero-order valence-corrected chi connectivity index (χ0v) is 19.1. The third-order valence-corrected chi connectivity index (χ3v) is 4.61. The van der Waals surface area contributed by atoms with Crippen molar-refractivity contribution in [2.45, 2.75) is 31.6 Å². The number of nitrogens with zero attached hydrogens (tertiary/aromatic N) is 1. The first-order valence-corrected chi connectivity index (χ1v) is 10.2. The summed E-state index contributed by atoms with van der Waals surface area (Å²) >= 11 is 0. The predicted octanol–water partition coefficient (Wildman–Crippen LogP) is 1.99. The highest BCUT2D eigenvalue weighted by Crippen LogP contribution is 2.15. The number of carbonyl (C=O) groups is 3. The number of hydrogen-bond donors (Lipinski definition) is 2. The van der Waals surface area contributed by atoms with Crippen LogP contribution in [0, 0.1) is 0 Å². The zero-order chi connectivity index (χ0) is 24.9. The average Bonchev–Trinajstić information content (AvgIpc) is 2.87. The van der Waals surface area contributed by atoms with Crippen molar-refractivity contribution >= 4 is 18.2 Å². The van der Waals surface area contributed by atoms with Crippen LogP contribution in [-0.2, 0) is 41.7 Å². The van der Waals surface area contributed by atoms with Gasteiger partial charge in [0.1, 0.15) is 19.3 Å². The number of nitrogens with one attached hydrogen (secondary N) is 1. The van der Waals surface area contributed by atoms with Crippen LogP contribution in [0.3, 0.4) is 0 Å². The maximum atomic E-state index is 12.9. The molecule has 0 aliphatic carbocycles. The summed E-state index contributed by atoms with van der Waals surface area (Å²) in [6, 6.07) is 15.8. The fourth-order valence-electron chi connectivity index (χ4n) is 2.91. The minimum Gasteiger partial charge on any atom is -0.467 e. The van der Waals surface area contributed by atoms with Gasteiger partial charge in [-0.1, -0.05) is 60.7 Å². The molecule has 0 saturated heterocycles. The molecule has 2 aromatic rings. The summed E-state index contributed by atoms with van der Waals surface area (Å²) in [7, 11) is 3.51. The van der Waals surface area contributed by atoms with Crippen LogP contribution in [-0.4, -0.2) is 68.0 Å². The largest absolute Gasteiger partial charge is 0.467 e. The molecular formula is C23H28N2O9. The maximum Gasteiger partial charge on any atom is 0.430 e. The number of carbonyl (C=O) groups excluding carboxylic acids is 3. The van der Waals surface area contributed by atoms with Crippen LogP contribution in [0.2, 0.25) is 0 Å². The highest BCUT2D eigenvalue weighted by Gasteiger charge is 2.43. The minimum atomic E-state index is -1.79. The van der Waals surface area contributed by atoms with E-state index >= 15 is 0 Å². The van der Waals surface area contributed by atoms with Gasteiger partial charge in [0.2, 0.25) is 0 Å². The molecule has 184 valence electrons. The lowest BCUT2D eigenvalue weighted by Gasteiger charge is -2.33. The Bertz CT molecular complexity index is 907. The number of esters is 1. The number of amides is 2. The van der Waals surface area contributed by atoms with Crippen LogP contribution in [0.1, 0.15) is 11.1 Å². The molecule has 0 radical (unpaired) electrons. The Morgan fingerprint density at radius 2 is 1.35 bits per heavy atom. The van der Waals surface area contributed by atoms with E-state index < -0.39 is 36.6 Å². The van der Waals surface area contributed by atoms with Crippen LogP contribution < -0.4 is 5.43 Å². The van der Waals surface area contributed by atoms with E-state index in [4.69, 9.17) is 23.7 Å².